The van der Waals surface area contributed by atoms with Gasteiger partial charge in [-0.15, -0.1) is 0 Å². The molecule has 5 heteroatoms. The van der Waals surface area contributed by atoms with Crippen molar-refractivity contribution in [3.63, 3.8) is 0 Å². The second-order valence-electron chi connectivity index (χ2n) is 6.23. The van der Waals surface area contributed by atoms with Crippen LogP contribution in [-0.2, 0) is 9.47 Å². The summed E-state index contributed by atoms with van der Waals surface area (Å²) >= 11 is 6.15. The highest BCUT2D eigenvalue weighted by molar-refractivity contribution is 6.30. The average Bonchev–Trinajstić information content (AvgIpc) is 2.48. The Labute approximate surface area is 131 Å². The molecule has 0 aromatic heterocycles. The van der Waals surface area contributed by atoms with Crippen LogP contribution >= 0.6 is 11.6 Å². The molecule has 1 atom stereocenters. The van der Waals surface area contributed by atoms with Crippen molar-refractivity contribution in [1.82, 2.24) is 5.32 Å². The molecule has 0 spiro atoms. The van der Waals surface area contributed by atoms with Gasteiger partial charge in [-0.1, -0.05) is 37.3 Å². The van der Waals surface area contributed by atoms with E-state index in [-0.39, 0.29) is 6.10 Å². The summed E-state index contributed by atoms with van der Waals surface area (Å²) in [7, 11) is 0. The summed E-state index contributed by atoms with van der Waals surface area (Å²) in [5.41, 5.74) is 0. The van der Waals surface area contributed by atoms with Gasteiger partial charge in [-0.25, -0.2) is 0 Å². The van der Waals surface area contributed by atoms with E-state index in [0.717, 1.165) is 25.7 Å². The van der Waals surface area contributed by atoms with Crippen molar-refractivity contribution >= 4 is 17.5 Å². The van der Waals surface area contributed by atoms with E-state index in [1.165, 1.54) is 38.5 Å². The van der Waals surface area contributed by atoms with E-state index in [9.17, 15) is 0 Å². The number of hydrogen-bond acceptors (Lipinski definition) is 4. The number of ether oxygens (including phenoxy) is 2. The predicted molar refractivity (Wildman–Crippen MR) is 84.2 cm³/mol. The van der Waals surface area contributed by atoms with E-state index in [2.05, 4.69) is 10.3 Å². The van der Waals surface area contributed by atoms with Gasteiger partial charge in [0.1, 0.15) is 11.3 Å². The lowest BCUT2D eigenvalue weighted by atomic mass is 9.98. The second kappa shape index (κ2) is 7.50. The van der Waals surface area contributed by atoms with E-state index in [4.69, 9.17) is 21.1 Å². The number of hydrogen-bond donors (Lipinski definition) is 1. The van der Waals surface area contributed by atoms with Crippen LogP contribution in [0.15, 0.2) is 16.2 Å². The molecule has 1 heterocycles. The lowest BCUT2D eigenvalue weighted by molar-refractivity contribution is -0.0380. The molecule has 1 aliphatic heterocycles. The van der Waals surface area contributed by atoms with Gasteiger partial charge in [-0.2, -0.15) is 4.99 Å². The Bertz CT molecular complexity index is 399. The molecule has 21 heavy (non-hydrogen) atoms. The molecule has 3 rings (SSSR count). The van der Waals surface area contributed by atoms with Gasteiger partial charge in [-0.05, 0) is 38.5 Å². The topological polar surface area (TPSA) is 42.9 Å². The largest absolute Gasteiger partial charge is 0.474 e. The van der Waals surface area contributed by atoms with Crippen molar-refractivity contribution in [2.24, 2.45) is 4.99 Å². The van der Waals surface area contributed by atoms with Gasteiger partial charge >= 0.3 is 0 Å². The molecule has 1 N–H and O–H groups in total. The minimum atomic E-state index is -0.399. The normalized spacial score (nSPS) is 28.5. The van der Waals surface area contributed by atoms with Crippen molar-refractivity contribution in [2.45, 2.75) is 82.8 Å². The molecule has 2 aliphatic carbocycles. The lowest BCUT2D eigenvalue weighted by Crippen LogP contribution is -2.37. The first-order chi connectivity index (χ1) is 10.3. The maximum absolute atomic E-state index is 6.15. The van der Waals surface area contributed by atoms with Crippen LogP contribution in [0.25, 0.3) is 0 Å². The summed E-state index contributed by atoms with van der Waals surface area (Å²) in [5.74, 6) is 0.617. The van der Waals surface area contributed by atoms with Crippen LogP contribution in [0.2, 0.25) is 0 Å². The zero-order valence-electron chi connectivity index (χ0n) is 12.5. The fraction of sp³-hybridized carbons (Fsp3) is 0.812. The van der Waals surface area contributed by atoms with E-state index in [1.54, 1.807) is 6.08 Å². The summed E-state index contributed by atoms with van der Waals surface area (Å²) in [5, 5.41) is 3.62. The van der Waals surface area contributed by atoms with Crippen molar-refractivity contribution in [3.05, 3.63) is 11.2 Å². The van der Waals surface area contributed by atoms with Crippen molar-refractivity contribution in [1.29, 1.82) is 0 Å². The summed E-state index contributed by atoms with van der Waals surface area (Å²) in [4.78, 5) is 4.52. The molecule has 0 aromatic rings. The number of aliphatic imine (C=N–C) groups is 1. The molecule has 3 aliphatic rings. The minimum Gasteiger partial charge on any atom is -0.474 e. The highest BCUT2D eigenvalue weighted by Gasteiger charge is 2.24. The summed E-state index contributed by atoms with van der Waals surface area (Å²) in [6.45, 7) is 0. The minimum absolute atomic E-state index is 0.284. The Morgan fingerprint density at radius 3 is 2.24 bits per heavy atom. The Morgan fingerprint density at radius 1 is 0.952 bits per heavy atom. The zero-order chi connectivity index (χ0) is 14.5. The molecular weight excluding hydrogens is 288 g/mol. The van der Waals surface area contributed by atoms with Crippen molar-refractivity contribution < 1.29 is 9.47 Å². The van der Waals surface area contributed by atoms with Crippen LogP contribution in [0, 0.1) is 0 Å². The molecule has 2 saturated carbocycles. The van der Waals surface area contributed by atoms with Gasteiger partial charge in [0.05, 0.1) is 6.10 Å². The predicted octanol–water partition coefficient (Wildman–Crippen LogP) is 4.05. The Balaban J connectivity index is 1.56. The standard InChI is InChI=1S/C16H25ClN2O2/c17-14-11-15(20-12-7-3-1-4-8-12)19-16(18-14)21-13-9-5-2-6-10-13/h11-13,16,18H,1-10H2. The van der Waals surface area contributed by atoms with Gasteiger partial charge in [-0.3, -0.25) is 0 Å². The second-order valence-corrected chi connectivity index (χ2v) is 6.64. The number of nitrogens with one attached hydrogen (secondary N) is 1. The third-order valence-electron chi connectivity index (χ3n) is 4.47. The van der Waals surface area contributed by atoms with E-state index < -0.39 is 6.35 Å². The monoisotopic (exact) mass is 312 g/mol. The molecule has 0 bridgehead atoms. The van der Waals surface area contributed by atoms with Gasteiger partial charge in [0, 0.05) is 6.08 Å². The third kappa shape index (κ3) is 4.62. The molecule has 0 aromatic carbocycles. The number of rotatable bonds is 3. The van der Waals surface area contributed by atoms with Crippen LogP contribution in [0.1, 0.15) is 64.2 Å². The summed E-state index contributed by atoms with van der Waals surface area (Å²) < 4.78 is 12.0. The molecule has 1 unspecified atom stereocenters. The fourth-order valence-electron chi connectivity index (χ4n) is 3.32. The van der Waals surface area contributed by atoms with E-state index in [0.29, 0.717) is 17.2 Å². The van der Waals surface area contributed by atoms with Crippen LogP contribution in [0.4, 0.5) is 0 Å². The molecule has 0 radical (unpaired) electrons. The maximum Gasteiger partial charge on any atom is 0.230 e. The first kappa shape index (κ1) is 15.2. The van der Waals surface area contributed by atoms with Crippen LogP contribution < -0.4 is 5.32 Å². The van der Waals surface area contributed by atoms with Crippen LogP contribution in [0.3, 0.4) is 0 Å². The fourth-order valence-corrected chi connectivity index (χ4v) is 3.51. The summed E-state index contributed by atoms with van der Waals surface area (Å²) in [6, 6.07) is 0. The average molecular weight is 313 g/mol. The molecule has 118 valence electrons. The van der Waals surface area contributed by atoms with Gasteiger partial charge in [0.15, 0.2) is 0 Å². The molecule has 0 saturated heterocycles. The highest BCUT2D eigenvalue weighted by atomic mass is 35.5. The highest BCUT2D eigenvalue weighted by Crippen LogP contribution is 2.24. The molecule has 0 amide bonds. The third-order valence-corrected chi connectivity index (χ3v) is 4.69. The number of halogens is 1. The maximum atomic E-state index is 6.15. The number of nitrogens with zero attached hydrogens (tertiary/aromatic N) is 1. The Hall–Kier alpha value is -0.740. The Kier molecular flexibility index (Phi) is 5.42. The van der Waals surface area contributed by atoms with Gasteiger partial charge < -0.3 is 14.8 Å². The lowest BCUT2D eigenvalue weighted by Gasteiger charge is -2.29. The molecular formula is C16H25ClN2O2. The van der Waals surface area contributed by atoms with Gasteiger partial charge in [0.25, 0.3) is 0 Å². The molecule has 4 nitrogen and oxygen atoms in total. The van der Waals surface area contributed by atoms with E-state index >= 15 is 0 Å². The van der Waals surface area contributed by atoms with Crippen molar-refractivity contribution in [3.8, 4) is 0 Å². The van der Waals surface area contributed by atoms with Gasteiger partial charge in [0.2, 0.25) is 12.2 Å². The van der Waals surface area contributed by atoms with Crippen LogP contribution in [-0.4, -0.2) is 24.5 Å². The first-order valence-corrected chi connectivity index (χ1v) is 8.71. The molecule has 2 fully saturated rings. The van der Waals surface area contributed by atoms with Crippen LogP contribution in [0.5, 0.6) is 0 Å². The summed E-state index contributed by atoms with van der Waals surface area (Å²) in [6.07, 6.45) is 14.0. The Morgan fingerprint density at radius 2 is 1.57 bits per heavy atom. The van der Waals surface area contributed by atoms with Crippen molar-refractivity contribution in [2.75, 3.05) is 0 Å². The quantitative estimate of drug-likeness (QED) is 0.799. The van der Waals surface area contributed by atoms with E-state index in [1.807, 2.05) is 0 Å². The first-order valence-electron chi connectivity index (χ1n) is 8.33. The zero-order valence-corrected chi connectivity index (χ0v) is 13.3. The SMILES string of the molecule is ClC1=CC(OC2CCCCC2)=NC(OC2CCCCC2)N1. The smallest absolute Gasteiger partial charge is 0.230 e.